The molecule has 3 heterocycles. The molecule has 0 bridgehead atoms. The van der Waals surface area contributed by atoms with Crippen molar-refractivity contribution in [1.29, 1.82) is 0 Å². The van der Waals surface area contributed by atoms with Crippen LogP contribution in [-0.2, 0) is 17.8 Å². The van der Waals surface area contributed by atoms with Crippen molar-refractivity contribution in [1.82, 2.24) is 19.9 Å². The lowest BCUT2D eigenvalue weighted by molar-refractivity contribution is -0.141. The maximum atomic E-state index is 12.2. The van der Waals surface area contributed by atoms with Crippen LogP contribution in [0.15, 0.2) is 4.52 Å². The monoisotopic (exact) mass is 348 g/mol. The molecule has 1 aromatic rings. The van der Waals surface area contributed by atoms with Crippen molar-refractivity contribution in [2.24, 2.45) is 11.3 Å². The lowest BCUT2D eigenvalue weighted by atomic mass is 9.73. The molecule has 2 aliphatic rings. The van der Waals surface area contributed by atoms with Gasteiger partial charge >= 0.3 is 0 Å². The number of likely N-dealkylation sites (tertiary alicyclic amines) is 2. The van der Waals surface area contributed by atoms with E-state index in [4.69, 9.17) is 4.52 Å². The van der Waals surface area contributed by atoms with Gasteiger partial charge in [-0.05, 0) is 45.6 Å². The summed E-state index contributed by atoms with van der Waals surface area (Å²) in [5.74, 6) is 2.37. The van der Waals surface area contributed by atoms with E-state index < -0.39 is 0 Å². The molecule has 2 fully saturated rings. The molecule has 0 aliphatic carbocycles. The lowest BCUT2D eigenvalue weighted by Crippen LogP contribution is -2.55. The Balaban J connectivity index is 1.63. The molecule has 1 aromatic heterocycles. The van der Waals surface area contributed by atoms with E-state index in [0.717, 1.165) is 50.7 Å². The molecule has 2 saturated heterocycles. The number of amides is 1. The quantitative estimate of drug-likeness (QED) is 0.819. The van der Waals surface area contributed by atoms with E-state index >= 15 is 0 Å². The number of nitrogens with zero attached hydrogens (tertiary/aromatic N) is 4. The summed E-state index contributed by atoms with van der Waals surface area (Å²) in [5.41, 5.74) is 0.237. The fourth-order valence-corrected chi connectivity index (χ4v) is 4.28. The molecule has 0 saturated carbocycles. The van der Waals surface area contributed by atoms with Crippen molar-refractivity contribution in [2.75, 3.05) is 19.6 Å². The second kappa shape index (κ2) is 7.44. The van der Waals surface area contributed by atoms with Gasteiger partial charge in [-0.15, -0.1) is 0 Å². The molecule has 0 aromatic carbocycles. The van der Waals surface area contributed by atoms with E-state index in [-0.39, 0.29) is 11.5 Å². The second-order valence-electron chi connectivity index (χ2n) is 8.63. The minimum Gasteiger partial charge on any atom is -0.340 e. The van der Waals surface area contributed by atoms with Gasteiger partial charge in [-0.25, -0.2) is 0 Å². The number of hydrogen-bond acceptors (Lipinski definition) is 5. The third-order valence-electron chi connectivity index (χ3n) is 5.52. The Morgan fingerprint density at radius 3 is 2.72 bits per heavy atom. The summed E-state index contributed by atoms with van der Waals surface area (Å²) in [6.07, 6.45) is 4.92. The number of carbonyl (C=O) groups is 1. The average molecular weight is 348 g/mol. The van der Waals surface area contributed by atoms with Gasteiger partial charge < -0.3 is 9.42 Å². The summed E-state index contributed by atoms with van der Waals surface area (Å²) in [6, 6.07) is 0.288. The second-order valence-corrected chi connectivity index (χ2v) is 8.63. The third-order valence-corrected chi connectivity index (χ3v) is 5.52. The van der Waals surface area contributed by atoms with Crippen LogP contribution in [0, 0.1) is 11.3 Å². The fourth-order valence-electron chi connectivity index (χ4n) is 4.28. The Morgan fingerprint density at radius 2 is 2.00 bits per heavy atom. The van der Waals surface area contributed by atoms with Gasteiger partial charge in [0, 0.05) is 37.4 Å². The van der Waals surface area contributed by atoms with Crippen LogP contribution in [0.2, 0.25) is 0 Å². The van der Waals surface area contributed by atoms with E-state index in [2.05, 4.69) is 47.6 Å². The molecular formula is C19H32N4O2. The van der Waals surface area contributed by atoms with Gasteiger partial charge in [0.05, 0.1) is 6.54 Å². The van der Waals surface area contributed by atoms with Gasteiger partial charge in [-0.1, -0.05) is 19.0 Å². The van der Waals surface area contributed by atoms with E-state index in [1.54, 1.807) is 0 Å². The zero-order valence-corrected chi connectivity index (χ0v) is 16.1. The molecule has 3 rings (SSSR count). The molecular weight excluding hydrogens is 316 g/mol. The van der Waals surface area contributed by atoms with E-state index in [1.807, 2.05) is 0 Å². The predicted molar refractivity (Wildman–Crippen MR) is 95.9 cm³/mol. The number of carbonyl (C=O) groups excluding carboxylic acids is 1. The van der Waals surface area contributed by atoms with Gasteiger partial charge in [0.1, 0.15) is 0 Å². The van der Waals surface area contributed by atoms with Crippen LogP contribution in [0.3, 0.4) is 0 Å². The molecule has 1 unspecified atom stereocenters. The van der Waals surface area contributed by atoms with E-state index in [0.29, 0.717) is 18.2 Å². The highest BCUT2D eigenvalue weighted by molar-refractivity contribution is 5.77. The number of piperidine rings is 2. The van der Waals surface area contributed by atoms with Crippen molar-refractivity contribution in [3.63, 3.8) is 0 Å². The first-order valence-corrected chi connectivity index (χ1v) is 9.70. The standard InChI is InChI=1S/C19H32N4O2/c1-14(2)10-17-20-16(21-25-17)11-22-9-5-7-19(12-22)8-6-18(24)23(13-19)15(3)4/h14-15H,5-13H2,1-4H3. The highest BCUT2D eigenvalue weighted by atomic mass is 16.5. The van der Waals surface area contributed by atoms with Gasteiger partial charge in [0.25, 0.3) is 0 Å². The SMILES string of the molecule is CC(C)Cc1nc(CN2CCCC3(CCC(=O)N(C(C)C)C3)C2)no1. The average Bonchev–Trinajstić information content (AvgIpc) is 2.96. The molecule has 0 N–H and O–H groups in total. The minimum atomic E-state index is 0.237. The molecule has 6 nitrogen and oxygen atoms in total. The predicted octanol–water partition coefficient (Wildman–Crippen LogP) is 2.88. The highest BCUT2D eigenvalue weighted by Gasteiger charge is 2.42. The molecule has 25 heavy (non-hydrogen) atoms. The maximum absolute atomic E-state index is 12.2. The van der Waals surface area contributed by atoms with Crippen LogP contribution in [0.25, 0.3) is 0 Å². The molecule has 1 spiro atoms. The largest absolute Gasteiger partial charge is 0.340 e. The summed E-state index contributed by atoms with van der Waals surface area (Å²) in [5, 5.41) is 4.16. The Bertz CT molecular complexity index is 598. The molecule has 6 heteroatoms. The fraction of sp³-hybridized carbons (Fsp3) is 0.842. The normalized spacial score (nSPS) is 25.5. The molecule has 1 atom stereocenters. The smallest absolute Gasteiger partial charge is 0.226 e. The van der Waals surface area contributed by atoms with Crippen LogP contribution >= 0.6 is 0 Å². The van der Waals surface area contributed by atoms with Crippen LogP contribution in [0.5, 0.6) is 0 Å². The van der Waals surface area contributed by atoms with Crippen LogP contribution in [0.1, 0.15) is 65.1 Å². The summed E-state index contributed by atoms with van der Waals surface area (Å²) >= 11 is 0. The maximum Gasteiger partial charge on any atom is 0.226 e. The topological polar surface area (TPSA) is 62.5 Å². The summed E-state index contributed by atoms with van der Waals surface area (Å²) < 4.78 is 5.38. The van der Waals surface area contributed by atoms with Crippen LogP contribution < -0.4 is 0 Å². The first-order valence-electron chi connectivity index (χ1n) is 9.70. The van der Waals surface area contributed by atoms with Crippen molar-refractivity contribution in [3.05, 3.63) is 11.7 Å². The first-order chi connectivity index (χ1) is 11.9. The van der Waals surface area contributed by atoms with E-state index in [9.17, 15) is 4.79 Å². The summed E-state index contributed by atoms with van der Waals surface area (Å²) in [7, 11) is 0. The Labute approximate surface area is 150 Å². The first kappa shape index (κ1) is 18.4. The number of aromatic nitrogens is 2. The molecule has 2 aliphatic heterocycles. The summed E-state index contributed by atoms with van der Waals surface area (Å²) in [4.78, 5) is 21.3. The lowest BCUT2D eigenvalue weighted by Gasteiger charge is -2.49. The van der Waals surface area contributed by atoms with Gasteiger partial charge in [-0.2, -0.15) is 4.98 Å². The Morgan fingerprint density at radius 1 is 1.20 bits per heavy atom. The van der Waals surface area contributed by atoms with Crippen LogP contribution in [0.4, 0.5) is 0 Å². The number of hydrogen-bond donors (Lipinski definition) is 0. The van der Waals surface area contributed by atoms with Crippen molar-refractivity contribution in [3.8, 4) is 0 Å². The Kier molecular flexibility index (Phi) is 5.46. The van der Waals surface area contributed by atoms with Gasteiger partial charge in [0.15, 0.2) is 5.82 Å². The zero-order valence-electron chi connectivity index (χ0n) is 16.1. The van der Waals surface area contributed by atoms with E-state index in [1.165, 1.54) is 12.8 Å². The van der Waals surface area contributed by atoms with Gasteiger partial charge in [-0.3, -0.25) is 9.69 Å². The molecule has 0 radical (unpaired) electrons. The zero-order chi connectivity index (χ0) is 18.0. The van der Waals surface area contributed by atoms with Crippen molar-refractivity contribution in [2.45, 2.75) is 72.4 Å². The molecule has 140 valence electrons. The third kappa shape index (κ3) is 4.40. The van der Waals surface area contributed by atoms with Crippen molar-refractivity contribution >= 4 is 5.91 Å². The summed E-state index contributed by atoms with van der Waals surface area (Å²) in [6.45, 7) is 12.3. The van der Waals surface area contributed by atoms with Gasteiger partial charge in [0.2, 0.25) is 11.8 Å². The highest BCUT2D eigenvalue weighted by Crippen LogP contribution is 2.39. The molecule has 1 amide bonds. The Hall–Kier alpha value is -1.43. The number of rotatable bonds is 5. The van der Waals surface area contributed by atoms with Crippen molar-refractivity contribution < 1.29 is 9.32 Å². The van der Waals surface area contributed by atoms with Crippen LogP contribution in [-0.4, -0.2) is 51.5 Å². The minimum absolute atomic E-state index is 0.237.